The molecule has 0 atom stereocenters. The van der Waals surface area contributed by atoms with Gasteiger partial charge in [-0.15, -0.1) is 0 Å². The van der Waals surface area contributed by atoms with Crippen LogP contribution in [0.1, 0.15) is 0 Å². The van der Waals surface area contributed by atoms with Crippen LogP contribution in [0.2, 0.25) is 0 Å². The van der Waals surface area contributed by atoms with Gasteiger partial charge in [-0.05, 0) is 24.3 Å². The molecule has 0 radical (unpaired) electrons. The summed E-state index contributed by atoms with van der Waals surface area (Å²) in [5.74, 6) is 0. The molecule has 0 aromatic heterocycles. The van der Waals surface area contributed by atoms with Gasteiger partial charge in [-0.2, -0.15) is 0 Å². The van der Waals surface area contributed by atoms with Crippen LogP contribution >= 0.6 is 0 Å². The molecule has 10 heavy (non-hydrogen) atoms. The smallest absolute Gasteiger partial charge is 0.113 e. The maximum absolute atomic E-state index is 8.45. The first-order chi connectivity index (χ1) is 4.83. The lowest BCUT2D eigenvalue weighted by molar-refractivity contribution is 0.325. The zero-order valence-electron chi connectivity index (χ0n) is 5.54. The van der Waals surface area contributed by atoms with Gasteiger partial charge in [0.1, 0.15) is 6.73 Å². The van der Waals surface area contributed by atoms with Crippen molar-refractivity contribution in [3.05, 3.63) is 24.3 Å². The van der Waals surface area contributed by atoms with E-state index in [1.807, 2.05) is 12.1 Å². The maximum Gasteiger partial charge on any atom is 0.113 e. The Morgan fingerprint density at radius 1 is 1.30 bits per heavy atom. The molecule has 0 heterocycles. The van der Waals surface area contributed by atoms with Crippen LogP contribution in [0, 0.1) is 0 Å². The van der Waals surface area contributed by atoms with Crippen LogP contribution in [0.15, 0.2) is 24.3 Å². The summed E-state index contributed by atoms with van der Waals surface area (Å²) in [6.07, 6.45) is 0. The van der Waals surface area contributed by atoms with Crippen molar-refractivity contribution >= 4 is 11.4 Å². The third-order valence-corrected chi connectivity index (χ3v) is 1.19. The number of aliphatic hydroxyl groups excluding tert-OH is 1. The largest absolute Gasteiger partial charge is 0.399 e. The van der Waals surface area contributed by atoms with Crippen molar-refractivity contribution in [1.29, 1.82) is 0 Å². The van der Waals surface area contributed by atoms with Gasteiger partial charge in [0, 0.05) is 11.4 Å². The third kappa shape index (κ3) is 1.63. The Morgan fingerprint density at radius 3 is 2.40 bits per heavy atom. The van der Waals surface area contributed by atoms with Gasteiger partial charge in [-0.1, -0.05) is 0 Å². The Labute approximate surface area is 59.5 Å². The van der Waals surface area contributed by atoms with Gasteiger partial charge in [-0.25, -0.2) is 0 Å². The summed E-state index contributed by atoms with van der Waals surface area (Å²) in [5, 5.41) is 11.2. The first-order valence-corrected chi connectivity index (χ1v) is 3.03. The van der Waals surface area contributed by atoms with Gasteiger partial charge in [0.05, 0.1) is 0 Å². The first kappa shape index (κ1) is 6.89. The van der Waals surface area contributed by atoms with E-state index in [1.54, 1.807) is 12.1 Å². The van der Waals surface area contributed by atoms with Crippen LogP contribution in [0.5, 0.6) is 0 Å². The Bertz CT molecular complexity index is 195. The zero-order valence-corrected chi connectivity index (χ0v) is 5.54. The number of rotatable bonds is 2. The van der Waals surface area contributed by atoms with Crippen LogP contribution < -0.4 is 11.1 Å². The fourth-order valence-electron chi connectivity index (χ4n) is 0.692. The summed E-state index contributed by atoms with van der Waals surface area (Å²) in [6.45, 7) is -0.0517. The SMILES string of the molecule is Nc1ccc(NCO)cc1. The summed E-state index contributed by atoms with van der Waals surface area (Å²) in [7, 11) is 0. The molecule has 0 fully saturated rings. The van der Waals surface area contributed by atoms with Crippen LogP contribution in [-0.2, 0) is 0 Å². The number of nitrogens with two attached hydrogens (primary N) is 1. The van der Waals surface area contributed by atoms with E-state index in [2.05, 4.69) is 5.32 Å². The molecule has 0 aliphatic rings. The summed E-state index contributed by atoms with van der Waals surface area (Å²) < 4.78 is 0. The van der Waals surface area contributed by atoms with Crippen molar-refractivity contribution in [2.75, 3.05) is 17.8 Å². The molecular weight excluding hydrogens is 128 g/mol. The van der Waals surface area contributed by atoms with E-state index in [-0.39, 0.29) is 6.73 Å². The molecule has 0 saturated heterocycles. The molecule has 0 amide bonds. The van der Waals surface area contributed by atoms with Gasteiger partial charge < -0.3 is 16.2 Å². The summed E-state index contributed by atoms with van der Waals surface area (Å²) >= 11 is 0. The van der Waals surface area contributed by atoms with Crippen molar-refractivity contribution in [2.24, 2.45) is 0 Å². The second kappa shape index (κ2) is 3.08. The van der Waals surface area contributed by atoms with E-state index < -0.39 is 0 Å². The zero-order chi connectivity index (χ0) is 7.40. The normalized spacial score (nSPS) is 9.30. The van der Waals surface area contributed by atoms with Gasteiger partial charge in [0.2, 0.25) is 0 Å². The highest BCUT2D eigenvalue weighted by Gasteiger charge is 1.86. The monoisotopic (exact) mass is 138 g/mol. The van der Waals surface area contributed by atoms with Crippen molar-refractivity contribution in [1.82, 2.24) is 0 Å². The molecule has 4 N–H and O–H groups in total. The lowest BCUT2D eigenvalue weighted by atomic mass is 10.3. The molecule has 3 heteroatoms. The van der Waals surface area contributed by atoms with E-state index >= 15 is 0 Å². The molecule has 3 nitrogen and oxygen atoms in total. The Morgan fingerprint density at radius 2 is 1.90 bits per heavy atom. The average Bonchev–Trinajstić information content (AvgIpc) is 1.95. The summed E-state index contributed by atoms with van der Waals surface area (Å²) in [4.78, 5) is 0. The highest BCUT2D eigenvalue weighted by atomic mass is 16.3. The number of aliphatic hydroxyl groups is 1. The fraction of sp³-hybridized carbons (Fsp3) is 0.143. The summed E-state index contributed by atoms with van der Waals surface area (Å²) in [5.41, 5.74) is 7.03. The van der Waals surface area contributed by atoms with Gasteiger partial charge in [-0.3, -0.25) is 0 Å². The number of nitrogen functional groups attached to an aromatic ring is 1. The molecule has 1 aromatic carbocycles. The molecule has 1 aromatic rings. The van der Waals surface area contributed by atoms with Crippen molar-refractivity contribution in [3.63, 3.8) is 0 Å². The average molecular weight is 138 g/mol. The second-order valence-electron chi connectivity index (χ2n) is 1.96. The number of benzene rings is 1. The minimum atomic E-state index is -0.0517. The molecule has 1 rings (SSSR count). The van der Waals surface area contributed by atoms with Crippen molar-refractivity contribution in [2.45, 2.75) is 0 Å². The minimum absolute atomic E-state index is 0.0517. The Balaban J connectivity index is 2.69. The Kier molecular flexibility index (Phi) is 2.12. The standard InChI is InChI=1S/C7H10N2O/c8-6-1-3-7(4-2-6)9-5-10/h1-4,9-10H,5,8H2. The predicted molar refractivity (Wildman–Crippen MR) is 41.6 cm³/mol. The van der Waals surface area contributed by atoms with Gasteiger partial charge >= 0.3 is 0 Å². The molecule has 0 aliphatic heterocycles. The first-order valence-electron chi connectivity index (χ1n) is 3.03. The van der Waals surface area contributed by atoms with E-state index in [1.165, 1.54) is 0 Å². The van der Waals surface area contributed by atoms with Crippen molar-refractivity contribution < 1.29 is 5.11 Å². The number of nitrogens with one attached hydrogen (secondary N) is 1. The van der Waals surface area contributed by atoms with Crippen LogP contribution in [0.25, 0.3) is 0 Å². The predicted octanol–water partition coefficient (Wildman–Crippen LogP) is 0.631. The molecule has 0 spiro atoms. The topological polar surface area (TPSA) is 58.3 Å². The lowest BCUT2D eigenvalue weighted by Gasteiger charge is -2.00. The number of anilines is 2. The number of hydrogen-bond acceptors (Lipinski definition) is 3. The number of hydrogen-bond donors (Lipinski definition) is 3. The molecule has 0 aliphatic carbocycles. The molecule has 0 saturated carbocycles. The van der Waals surface area contributed by atoms with Crippen LogP contribution in [0.3, 0.4) is 0 Å². The molecule has 0 bridgehead atoms. The van der Waals surface area contributed by atoms with E-state index in [0.717, 1.165) is 11.4 Å². The van der Waals surface area contributed by atoms with Gasteiger partial charge in [0.25, 0.3) is 0 Å². The van der Waals surface area contributed by atoms with E-state index in [9.17, 15) is 0 Å². The van der Waals surface area contributed by atoms with Crippen LogP contribution in [0.4, 0.5) is 11.4 Å². The fourth-order valence-corrected chi connectivity index (χ4v) is 0.692. The van der Waals surface area contributed by atoms with Crippen LogP contribution in [-0.4, -0.2) is 11.8 Å². The van der Waals surface area contributed by atoms with E-state index in [4.69, 9.17) is 10.8 Å². The molecular formula is C7H10N2O. The Hall–Kier alpha value is -1.22. The molecule has 54 valence electrons. The van der Waals surface area contributed by atoms with Gasteiger partial charge in [0.15, 0.2) is 0 Å². The highest BCUT2D eigenvalue weighted by molar-refractivity contribution is 5.50. The molecule has 0 unspecified atom stereocenters. The maximum atomic E-state index is 8.45. The van der Waals surface area contributed by atoms with Crippen molar-refractivity contribution in [3.8, 4) is 0 Å². The van der Waals surface area contributed by atoms with E-state index in [0.29, 0.717) is 0 Å². The second-order valence-corrected chi connectivity index (χ2v) is 1.96. The third-order valence-electron chi connectivity index (χ3n) is 1.19. The quantitative estimate of drug-likeness (QED) is 0.415. The minimum Gasteiger partial charge on any atom is -0.399 e. The summed E-state index contributed by atoms with van der Waals surface area (Å²) in [6, 6.07) is 7.17. The highest BCUT2D eigenvalue weighted by Crippen LogP contribution is 2.09. The lowest BCUT2D eigenvalue weighted by Crippen LogP contribution is -1.98.